The maximum Gasteiger partial charge on any atom is 0.337 e. The summed E-state index contributed by atoms with van der Waals surface area (Å²) in [5.41, 5.74) is 1.26. The second-order valence-corrected chi connectivity index (χ2v) is 7.32. The standard InChI is InChI=1S/C25H20NO8/c1-15-24(34-19-9-5-17(6-10-19)25(28)31-2)23(27)21-12-11-20(13-22(21)33-15)32-14-16-3-7-18(8-4-16)26(29)30/h3-13,29H,14H2,1-2H3/q-1. The Hall–Kier alpha value is -4.34. The number of anilines is 1. The van der Waals surface area contributed by atoms with Crippen molar-refractivity contribution in [3.8, 4) is 17.2 Å². The van der Waals surface area contributed by atoms with Crippen LogP contribution in [-0.2, 0) is 11.3 Å². The van der Waals surface area contributed by atoms with Crippen molar-refractivity contribution < 1.29 is 28.6 Å². The Morgan fingerprint density at radius 2 is 1.71 bits per heavy atom. The predicted molar refractivity (Wildman–Crippen MR) is 123 cm³/mol. The summed E-state index contributed by atoms with van der Waals surface area (Å²) in [6.45, 7) is 1.83. The van der Waals surface area contributed by atoms with Crippen LogP contribution in [-0.4, -0.2) is 18.3 Å². The Kier molecular flexibility index (Phi) is 6.48. The highest BCUT2D eigenvalue weighted by Crippen LogP contribution is 2.28. The zero-order valence-electron chi connectivity index (χ0n) is 18.3. The summed E-state index contributed by atoms with van der Waals surface area (Å²) in [5.74, 6) is 0.715. The number of methoxy groups -OCH3 is 1. The van der Waals surface area contributed by atoms with Gasteiger partial charge in [-0.15, -0.1) is 0 Å². The molecule has 0 amide bonds. The molecule has 174 valence electrons. The second-order valence-electron chi connectivity index (χ2n) is 7.32. The van der Waals surface area contributed by atoms with Crippen molar-refractivity contribution in [3.05, 3.63) is 99.0 Å². The van der Waals surface area contributed by atoms with Crippen LogP contribution in [0.4, 0.5) is 5.69 Å². The first kappa shape index (κ1) is 22.8. The van der Waals surface area contributed by atoms with Crippen LogP contribution in [0.3, 0.4) is 0 Å². The van der Waals surface area contributed by atoms with Crippen LogP contribution >= 0.6 is 0 Å². The summed E-state index contributed by atoms with van der Waals surface area (Å²) in [7, 11) is 1.30. The van der Waals surface area contributed by atoms with Gasteiger partial charge in [-0.1, -0.05) is 12.1 Å². The number of esters is 1. The average Bonchev–Trinajstić information content (AvgIpc) is 2.85. The first-order valence-corrected chi connectivity index (χ1v) is 10.2. The Morgan fingerprint density at radius 1 is 1.03 bits per heavy atom. The predicted octanol–water partition coefficient (Wildman–Crippen LogP) is 4.95. The van der Waals surface area contributed by atoms with Crippen molar-refractivity contribution in [1.82, 2.24) is 0 Å². The summed E-state index contributed by atoms with van der Waals surface area (Å²) >= 11 is 0. The van der Waals surface area contributed by atoms with Gasteiger partial charge in [-0.05, 0) is 61.0 Å². The van der Waals surface area contributed by atoms with Gasteiger partial charge < -0.3 is 29.1 Å². The molecular weight excluding hydrogens is 442 g/mol. The summed E-state index contributed by atoms with van der Waals surface area (Å²) in [6, 6.07) is 17.3. The largest absolute Gasteiger partial charge is 0.733 e. The van der Waals surface area contributed by atoms with E-state index in [1.165, 1.54) is 31.4 Å². The minimum absolute atomic E-state index is 0.0448. The van der Waals surface area contributed by atoms with Crippen LogP contribution in [0.25, 0.3) is 11.0 Å². The van der Waals surface area contributed by atoms with E-state index < -0.39 is 5.97 Å². The molecule has 34 heavy (non-hydrogen) atoms. The molecule has 9 heteroatoms. The fourth-order valence-electron chi connectivity index (χ4n) is 3.26. The topological polar surface area (TPSA) is 122 Å². The molecule has 0 fully saturated rings. The number of carbonyl (C=O) groups excluding carboxylic acids is 1. The van der Waals surface area contributed by atoms with E-state index in [1.807, 2.05) is 0 Å². The van der Waals surface area contributed by atoms with Gasteiger partial charge in [0.25, 0.3) is 0 Å². The van der Waals surface area contributed by atoms with E-state index in [9.17, 15) is 14.8 Å². The summed E-state index contributed by atoms with van der Waals surface area (Å²) < 4.78 is 22.0. The highest BCUT2D eigenvalue weighted by Gasteiger charge is 2.15. The van der Waals surface area contributed by atoms with E-state index in [-0.39, 0.29) is 34.5 Å². The SMILES string of the molecule is COC(=O)c1ccc(Oc2c(C)oc3cc(OCc4ccc(N([O-])O)cc4)ccc3c2=O)cc1. The molecule has 4 aromatic rings. The molecule has 1 N–H and O–H groups in total. The van der Waals surface area contributed by atoms with Crippen molar-refractivity contribution in [2.45, 2.75) is 13.5 Å². The van der Waals surface area contributed by atoms with Gasteiger partial charge in [-0.25, -0.2) is 4.79 Å². The van der Waals surface area contributed by atoms with Gasteiger partial charge in [0.1, 0.15) is 29.4 Å². The molecule has 0 atom stereocenters. The number of ether oxygens (including phenoxy) is 3. The highest BCUT2D eigenvalue weighted by molar-refractivity contribution is 5.89. The van der Waals surface area contributed by atoms with Crippen molar-refractivity contribution in [2.75, 3.05) is 12.3 Å². The molecule has 3 aromatic carbocycles. The van der Waals surface area contributed by atoms with Crippen molar-refractivity contribution in [1.29, 1.82) is 0 Å². The summed E-state index contributed by atoms with van der Waals surface area (Å²) in [6.07, 6.45) is 0. The lowest BCUT2D eigenvalue weighted by Crippen LogP contribution is -2.08. The fourth-order valence-corrected chi connectivity index (χ4v) is 3.26. The smallest absolute Gasteiger partial charge is 0.337 e. The second kappa shape index (κ2) is 9.65. The molecule has 0 bridgehead atoms. The van der Waals surface area contributed by atoms with Crippen LogP contribution in [0.5, 0.6) is 17.2 Å². The van der Waals surface area contributed by atoms with E-state index in [2.05, 4.69) is 4.74 Å². The molecule has 9 nitrogen and oxygen atoms in total. The van der Waals surface area contributed by atoms with Crippen LogP contribution in [0.15, 0.2) is 75.9 Å². The Bertz CT molecular complexity index is 1380. The van der Waals surface area contributed by atoms with Crippen LogP contribution in [0, 0.1) is 12.1 Å². The number of fused-ring (bicyclic) bond motifs is 1. The highest BCUT2D eigenvalue weighted by atomic mass is 16.8. The zero-order chi connectivity index (χ0) is 24.2. The Balaban J connectivity index is 1.52. The quantitative estimate of drug-likeness (QED) is 0.300. The molecule has 0 radical (unpaired) electrons. The van der Waals surface area contributed by atoms with E-state index >= 15 is 0 Å². The van der Waals surface area contributed by atoms with E-state index in [1.54, 1.807) is 49.4 Å². The van der Waals surface area contributed by atoms with E-state index in [0.29, 0.717) is 28.0 Å². The third-order valence-corrected chi connectivity index (χ3v) is 5.04. The number of carbonyl (C=O) groups is 1. The lowest BCUT2D eigenvalue weighted by atomic mass is 10.2. The molecule has 0 saturated heterocycles. The van der Waals surface area contributed by atoms with Gasteiger partial charge in [-0.2, -0.15) is 0 Å². The average molecular weight is 462 g/mol. The first-order valence-electron chi connectivity index (χ1n) is 10.2. The van der Waals surface area contributed by atoms with Crippen LogP contribution in [0.2, 0.25) is 0 Å². The van der Waals surface area contributed by atoms with Crippen LogP contribution < -0.4 is 20.1 Å². The normalized spacial score (nSPS) is 10.7. The molecule has 0 aliphatic carbocycles. The van der Waals surface area contributed by atoms with Crippen molar-refractivity contribution in [3.63, 3.8) is 0 Å². The molecule has 0 aliphatic heterocycles. The van der Waals surface area contributed by atoms with E-state index in [0.717, 1.165) is 5.56 Å². The fraction of sp³-hybridized carbons (Fsp3) is 0.120. The van der Waals surface area contributed by atoms with Crippen molar-refractivity contribution >= 4 is 22.6 Å². The first-order chi connectivity index (χ1) is 16.4. The number of benzene rings is 3. The molecular formula is C25H20NO8-. The van der Waals surface area contributed by atoms with Gasteiger partial charge in [0.2, 0.25) is 11.2 Å². The number of rotatable bonds is 7. The zero-order valence-corrected chi connectivity index (χ0v) is 18.3. The molecule has 1 heterocycles. The molecule has 1 aromatic heterocycles. The number of hydrogen-bond acceptors (Lipinski definition) is 9. The Morgan fingerprint density at radius 3 is 2.35 bits per heavy atom. The van der Waals surface area contributed by atoms with E-state index in [4.69, 9.17) is 19.1 Å². The molecule has 0 spiro atoms. The summed E-state index contributed by atoms with van der Waals surface area (Å²) in [5, 5.41) is 19.9. The van der Waals surface area contributed by atoms with Gasteiger partial charge >= 0.3 is 5.97 Å². The van der Waals surface area contributed by atoms with Crippen LogP contribution in [0.1, 0.15) is 21.7 Å². The lowest BCUT2D eigenvalue weighted by molar-refractivity contribution is 0.0600. The summed E-state index contributed by atoms with van der Waals surface area (Å²) in [4.78, 5) is 24.6. The third-order valence-electron chi connectivity index (χ3n) is 5.04. The molecule has 0 saturated carbocycles. The van der Waals surface area contributed by atoms with Gasteiger partial charge in [-0.3, -0.25) is 10.0 Å². The van der Waals surface area contributed by atoms with Gasteiger partial charge in [0.05, 0.1) is 23.7 Å². The third kappa shape index (κ3) is 4.85. The van der Waals surface area contributed by atoms with Gasteiger partial charge in [0.15, 0.2) is 0 Å². The number of aryl methyl sites for hydroxylation is 1. The minimum atomic E-state index is -0.470. The maximum absolute atomic E-state index is 13.0. The Labute approximate surface area is 193 Å². The lowest BCUT2D eigenvalue weighted by Gasteiger charge is -2.21. The number of nitrogens with zero attached hydrogens (tertiary/aromatic N) is 1. The molecule has 0 aliphatic rings. The number of hydrogen-bond donors (Lipinski definition) is 1. The maximum atomic E-state index is 13.0. The molecule has 0 unspecified atom stereocenters. The molecule has 4 rings (SSSR count). The van der Waals surface area contributed by atoms with Gasteiger partial charge in [0, 0.05) is 6.07 Å². The van der Waals surface area contributed by atoms with Crippen molar-refractivity contribution in [2.24, 2.45) is 0 Å². The minimum Gasteiger partial charge on any atom is -0.733 e. The monoisotopic (exact) mass is 462 g/mol.